The number of Topliss-reactive ketones (excluding diaryl/α,β-unsaturated/α-hetero) is 1. The fraction of sp³-hybridized carbons (Fsp3) is 0.300. The highest BCUT2D eigenvalue weighted by atomic mass is 16.1. The predicted octanol–water partition coefficient (Wildman–Crippen LogP) is 1.08. The molecule has 1 heterocycles. The zero-order chi connectivity index (χ0) is 9.42. The maximum atomic E-state index is 11.1. The first-order valence-electron chi connectivity index (χ1n) is 4.29. The van der Waals surface area contributed by atoms with Crippen molar-refractivity contribution in [3.8, 4) is 0 Å². The normalized spacial score (nSPS) is 15.8. The Morgan fingerprint density at radius 1 is 1.38 bits per heavy atom. The summed E-state index contributed by atoms with van der Waals surface area (Å²) >= 11 is 0. The lowest BCUT2D eigenvalue weighted by Gasteiger charge is -2.02. The molecule has 1 aliphatic rings. The van der Waals surface area contributed by atoms with Gasteiger partial charge < -0.3 is 0 Å². The van der Waals surface area contributed by atoms with E-state index in [-0.39, 0.29) is 5.78 Å². The molecule has 0 aromatic heterocycles. The summed E-state index contributed by atoms with van der Waals surface area (Å²) < 4.78 is 0. The Balaban J connectivity index is 2.40. The molecule has 0 saturated heterocycles. The molecule has 0 spiro atoms. The van der Waals surface area contributed by atoms with Crippen LogP contribution in [-0.2, 0) is 13.1 Å². The van der Waals surface area contributed by atoms with Crippen LogP contribution in [0.5, 0.6) is 0 Å². The van der Waals surface area contributed by atoms with Gasteiger partial charge >= 0.3 is 0 Å². The monoisotopic (exact) mass is 176 g/mol. The molecule has 0 amide bonds. The number of nitrogens with zero attached hydrogens (tertiary/aromatic N) is 1. The lowest BCUT2D eigenvalue weighted by atomic mass is 10.0. The van der Waals surface area contributed by atoms with E-state index in [1.54, 1.807) is 11.9 Å². The third kappa shape index (κ3) is 1.48. The Morgan fingerprint density at radius 2 is 2.08 bits per heavy atom. The van der Waals surface area contributed by atoms with E-state index in [9.17, 15) is 4.79 Å². The third-order valence-electron chi connectivity index (χ3n) is 2.36. The Kier molecular flexibility index (Phi) is 1.90. The van der Waals surface area contributed by atoms with Gasteiger partial charge in [-0.05, 0) is 24.1 Å². The minimum Gasteiger partial charge on any atom is -0.295 e. The van der Waals surface area contributed by atoms with E-state index in [1.807, 2.05) is 18.2 Å². The van der Waals surface area contributed by atoms with Crippen molar-refractivity contribution in [1.82, 2.24) is 5.01 Å². The van der Waals surface area contributed by atoms with Crippen molar-refractivity contribution in [1.29, 1.82) is 0 Å². The molecule has 0 bridgehead atoms. The SMILES string of the molecule is CC(=O)c1ccc2c(c1)CN(N)C2. The van der Waals surface area contributed by atoms with Crippen LogP contribution in [0.25, 0.3) is 0 Å². The molecule has 2 rings (SSSR count). The highest BCUT2D eigenvalue weighted by Gasteiger charge is 2.16. The Bertz CT molecular complexity index is 360. The van der Waals surface area contributed by atoms with Crippen LogP contribution in [0.1, 0.15) is 28.4 Å². The number of carbonyl (C=O) groups is 1. The van der Waals surface area contributed by atoms with Crippen LogP contribution in [0, 0.1) is 0 Å². The van der Waals surface area contributed by atoms with E-state index < -0.39 is 0 Å². The van der Waals surface area contributed by atoms with Crippen LogP contribution < -0.4 is 5.84 Å². The predicted molar refractivity (Wildman–Crippen MR) is 49.9 cm³/mol. The van der Waals surface area contributed by atoms with E-state index >= 15 is 0 Å². The smallest absolute Gasteiger partial charge is 0.159 e. The minimum absolute atomic E-state index is 0.110. The Hall–Kier alpha value is -1.19. The average Bonchev–Trinajstić information content (AvgIpc) is 2.42. The quantitative estimate of drug-likeness (QED) is 0.514. The summed E-state index contributed by atoms with van der Waals surface area (Å²) in [6, 6.07) is 5.78. The molecular weight excluding hydrogens is 164 g/mol. The van der Waals surface area contributed by atoms with Crippen molar-refractivity contribution in [2.24, 2.45) is 5.84 Å². The number of carbonyl (C=O) groups excluding carboxylic acids is 1. The van der Waals surface area contributed by atoms with Crippen molar-refractivity contribution in [3.05, 3.63) is 34.9 Å². The topological polar surface area (TPSA) is 46.3 Å². The molecule has 0 radical (unpaired) electrons. The average molecular weight is 176 g/mol. The molecule has 68 valence electrons. The number of nitrogens with two attached hydrogens (primary N) is 1. The second-order valence-corrected chi connectivity index (χ2v) is 3.44. The molecule has 0 aliphatic carbocycles. The summed E-state index contributed by atoms with van der Waals surface area (Å²) in [4.78, 5) is 11.1. The molecule has 2 N–H and O–H groups in total. The van der Waals surface area contributed by atoms with Crippen LogP contribution in [0.4, 0.5) is 0 Å². The molecule has 0 unspecified atom stereocenters. The number of hydrogen-bond acceptors (Lipinski definition) is 3. The van der Waals surface area contributed by atoms with Crippen LogP contribution in [0.15, 0.2) is 18.2 Å². The summed E-state index contributed by atoms with van der Waals surface area (Å²) in [7, 11) is 0. The van der Waals surface area contributed by atoms with Gasteiger partial charge in [0, 0.05) is 18.7 Å². The highest BCUT2D eigenvalue weighted by molar-refractivity contribution is 5.94. The summed E-state index contributed by atoms with van der Waals surface area (Å²) in [6.45, 7) is 3.11. The van der Waals surface area contributed by atoms with Crippen LogP contribution in [0.3, 0.4) is 0 Å². The molecule has 0 fully saturated rings. The van der Waals surface area contributed by atoms with Crippen LogP contribution in [-0.4, -0.2) is 10.8 Å². The van der Waals surface area contributed by atoms with E-state index in [2.05, 4.69) is 0 Å². The molecule has 1 aromatic rings. The van der Waals surface area contributed by atoms with E-state index in [1.165, 1.54) is 11.1 Å². The number of ketones is 1. The molecule has 1 aromatic carbocycles. The summed E-state index contributed by atoms with van der Waals surface area (Å²) in [6.07, 6.45) is 0. The minimum atomic E-state index is 0.110. The molecule has 3 heteroatoms. The van der Waals surface area contributed by atoms with Crippen molar-refractivity contribution in [2.75, 3.05) is 0 Å². The van der Waals surface area contributed by atoms with Gasteiger partial charge in [0.05, 0.1) is 0 Å². The first-order chi connectivity index (χ1) is 6.16. The Morgan fingerprint density at radius 3 is 2.77 bits per heavy atom. The summed E-state index contributed by atoms with van der Waals surface area (Å²) in [5, 5.41) is 1.74. The number of rotatable bonds is 1. The van der Waals surface area contributed by atoms with Crippen LogP contribution >= 0.6 is 0 Å². The number of hydrogen-bond donors (Lipinski definition) is 1. The van der Waals surface area contributed by atoms with E-state index in [0.717, 1.165) is 18.7 Å². The molecule has 3 nitrogen and oxygen atoms in total. The lowest BCUT2D eigenvalue weighted by Crippen LogP contribution is -2.23. The fourth-order valence-electron chi connectivity index (χ4n) is 1.64. The second kappa shape index (κ2) is 2.94. The first-order valence-corrected chi connectivity index (χ1v) is 4.29. The van der Waals surface area contributed by atoms with Crippen molar-refractivity contribution in [3.63, 3.8) is 0 Å². The van der Waals surface area contributed by atoms with Gasteiger partial charge in [-0.25, -0.2) is 5.01 Å². The van der Waals surface area contributed by atoms with Gasteiger partial charge in [-0.2, -0.15) is 0 Å². The van der Waals surface area contributed by atoms with Crippen molar-refractivity contribution >= 4 is 5.78 Å². The third-order valence-corrected chi connectivity index (χ3v) is 2.36. The number of benzene rings is 1. The maximum Gasteiger partial charge on any atom is 0.159 e. The van der Waals surface area contributed by atoms with Gasteiger partial charge in [-0.3, -0.25) is 10.6 Å². The van der Waals surface area contributed by atoms with Gasteiger partial charge in [0.1, 0.15) is 0 Å². The molecular formula is C10H12N2O. The Labute approximate surface area is 77.1 Å². The van der Waals surface area contributed by atoms with Crippen LogP contribution in [0.2, 0.25) is 0 Å². The van der Waals surface area contributed by atoms with Gasteiger partial charge in [-0.1, -0.05) is 12.1 Å². The largest absolute Gasteiger partial charge is 0.295 e. The molecule has 13 heavy (non-hydrogen) atoms. The van der Waals surface area contributed by atoms with Gasteiger partial charge in [0.25, 0.3) is 0 Å². The maximum absolute atomic E-state index is 11.1. The summed E-state index contributed by atoms with van der Waals surface area (Å²) in [5.41, 5.74) is 3.18. The van der Waals surface area contributed by atoms with Gasteiger partial charge in [0.15, 0.2) is 5.78 Å². The zero-order valence-electron chi connectivity index (χ0n) is 7.58. The molecule has 0 saturated carbocycles. The fourth-order valence-corrected chi connectivity index (χ4v) is 1.64. The second-order valence-electron chi connectivity index (χ2n) is 3.44. The summed E-state index contributed by atoms with van der Waals surface area (Å²) in [5.74, 6) is 5.77. The lowest BCUT2D eigenvalue weighted by molar-refractivity contribution is 0.101. The number of fused-ring (bicyclic) bond motifs is 1. The molecule has 0 atom stereocenters. The van der Waals surface area contributed by atoms with Gasteiger partial charge in [-0.15, -0.1) is 0 Å². The van der Waals surface area contributed by atoms with E-state index in [0.29, 0.717) is 0 Å². The molecule has 1 aliphatic heterocycles. The first kappa shape index (κ1) is 8.41. The van der Waals surface area contributed by atoms with Crippen molar-refractivity contribution in [2.45, 2.75) is 20.0 Å². The highest BCUT2D eigenvalue weighted by Crippen LogP contribution is 2.21. The number of hydrazine groups is 1. The zero-order valence-corrected chi connectivity index (χ0v) is 7.58. The van der Waals surface area contributed by atoms with Gasteiger partial charge in [0.2, 0.25) is 0 Å². The standard InChI is InChI=1S/C10H12N2O/c1-7(13)8-2-3-9-5-12(11)6-10(9)4-8/h2-4H,5-6,11H2,1H3. The van der Waals surface area contributed by atoms with Crippen molar-refractivity contribution < 1.29 is 4.79 Å². The van der Waals surface area contributed by atoms with E-state index in [4.69, 9.17) is 5.84 Å².